The largest absolute Gasteiger partial charge is 0.446 e. The first kappa shape index (κ1) is 27.5. The van der Waals surface area contributed by atoms with Gasteiger partial charge in [0.15, 0.2) is 14.5 Å². The van der Waals surface area contributed by atoms with Gasteiger partial charge >= 0.3 is 12.2 Å². The first-order chi connectivity index (χ1) is 14.0. The summed E-state index contributed by atoms with van der Waals surface area (Å²) in [4.78, 5) is 26.3. The zero-order valence-electron chi connectivity index (χ0n) is 18.9. The lowest BCUT2D eigenvalue weighted by molar-refractivity contribution is 0.00644. The SMILES string of the molecule is CC(C)OC(=O)N(C(=O)OC(C)(C)C)[C@H](CS(=O)(=O)C(Cl)c1ccc(Cl)cc1)C(C)C. The van der Waals surface area contributed by atoms with E-state index in [9.17, 15) is 18.0 Å². The van der Waals surface area contributed by atoms with Gasteiger partial charge < -0.3 is 9.47 Å². The molecule has 176 valence electrons. The second-order valence-electron chi connectivity index (χ2n) is 8.79. The number of ether oxygens (including phenoxy) is 2. The summed E-state index contributed by atoms with van der Waals surface area (Å²) in [5, 5.41) is 0.442. The molecular formula is C21H31Cl2NO6S. The van der Waals surface area contributed by atoms with Crippen LogP contribution in [-0.2, 0) is 19.3 Å². The van der Waals surface area contributed by atoms with Crippen LogP contribution in [0.5, 0.6) is 0 Å². The van der Waals surface area contributed by atoms with Gasteiger partial charge in [0.05, 0.1) is 17.9 Å². The van der Waals surface area contributed by atoms with Gasteiger partial charge in [0.2, 0.25) is 0 Å². The zero-order valence-corrected chi connectivity index (χ0v) is 21.2. The summed E-state index contributed by atoms with van der Waals surface area (Å²) >= 11 is 12.1. The van der Waals surface area contributed by atoms with Crippen molar-refractivity contribution in [3.8, 4) is 0 Å². The molecule has 2 amide bonds. The van der Waals surface area contributed by atoms with Crippen molar-refractivity contribution in [3.05, 3.63) is 34.9 Å². The maximum absolute atomic E-state index is 13.1. The van der Waals surface area contributed by atoms with Crippen molar-refractivity contribution in [3.63, 3.8) is 0 Å². The number of benzene rings is 1. The van der Waals surface area contributed by atoms with Crippen LogP contribution < -0.4 is 0 Å². The van der Waals surface area contributed by atoms with Crippen LogP contribution in [0, 0.1) is 5.92 Å². The molecule has 31 heavy (non-hydrogen) atoms. The highest BCUT2D eigenvalue weighted by Gasteiger charge is 2.41. The molecule has 0 bridgehead atoms. The second-order valence-corrected chi connectivity index (χ2v) is 12.1. The summed E-state index contributed by atoms with van der Waals surface area (Å²) in [6, 6.07) is 5.05. The molecule has 7 nitrogen and oxygen atoms in total. The van der Waals surface area contributed by atoms with E-state index in [1.165, 1.54) is 24.3 Å². The minimum absolute atomic E-state index is 0.335. The molecule has 0 saturated carbocycles. The molecule has 1 aromatic carbocycles. The number of carbonyl (C=O) groups excluding carboxylic acids is 2. The summed E-state index contributed by atoms with van der Waals surface area (Å²) in [7, 11) is -3.99. The Hall–Kier alpha value is -1.51. The molecular weight excluding hydrogens is 465 g/mol. The first-order valence-corrected chi connectivity index (χ1v) is 12.4. The van der Waals surface area contributed by atoms with Crippen LogP contribution in [0.15, 0.2) is 24.3 Å². The van der Waals surface area contributed by atoms with Crippen molar-refractivity contribution in [2.75, 3.05) is 5.75 Å². The van der Waals surface area contributed by atoms with Crippen molar-refractivity contribution in [2.24, 2.45) is 5.92 Å². The number of hydrogen-bond donors (Lipinski definition) is 0. The predicted molar refractivity (Wildman–Crippen MR) is 122 cm³/mol. The smallest absolute Gasteiger partial charge is 0.420 e. The van der Waals surface area contributed by atoms with Crippen LogP contribution in [0.3, 0.4) is 0 Å². The Balaban J connectivity index is 3.31. The lowest BCUT2D eigenvalue weighted by Gasteiger charge is -2.34. The number of amides is 2. The Bertz CT molecular complexity index is 863. The van der Waals surface area contributed by atoms with Gasteiger partial charge in [-0.05, 0) is 58.2 Å². The average molecular weight is 496 g/mol. The average Bonchev–Trinajstić information content (AvgIpc) is 2.58. The number of rotatable bonds is 7. The molecule has 0 aliphatic heterocycles. The lowest BCUT2D eigenvalue weighted by atomic mass is 10.1. The Kier molecular flexibility index (Phi) is 9.66. The third-order valence-corrected chi connectivity index (χ3v) is 7.10. The first-order valence-electron chi connectivity index (χ1n) is 9.89. The maximum Gasteiger partial charge on any atom is 0.420 e. The van der Waals surface area contributed by atoms with E-state index < -0.39 is 56.2 Å². The summed E-state index contributed by atoms with van der Waals surface area (Å²) < 4.78 is 35.3. The van der Waals surface area contributed by atoms with Crippen LogP contribution >= 0.6 is 23.2 Å². The van der Waals surface area contributed by atoms with Crippen molar-refractivity contribution >= 4 is 45.2 Å². The number of carbonyl (C=O) groups is 2. The van der Waals surface area contributed by atoms with Gasteiger partial charge in [0.1, 0.15) is 5.60 Å². The fourth-order valence-corrected chi connectivity index (χ4v) is 4.86. The Morgan fingerprint density at radius 1 is 1.03 bits per heavy atom. The van der Waals surface area contributed by atoms with E-state index in [0.717, 1.165) is 4.90 Å². The third-order valence-electron chi connectivity index (χ3n) is 4.08. The third kappa shape index (κ3) is 8.50. The van der Waals surface area contributed by atoms with Crippen LogP contribution in [0.1, 0.15) is 58.7 Å². The normalized spacial score (nSPS) is 14.3. The molecule has 0 fully saturated rings. The summed E-state index contributed by atoms with van der Waals surface area (Å²) in [5.41, 5.74) is -0.561. The fraction of sp³-hybridized carbons (Fsp3) is 0.619. The number of imide groups is 1. The van der Waals surface area contributed by atoms with Crippen molar-refractivity contribution in [1.82, 2.24) is 4.90 Å². The van der Waals surface area contributed by atoms with Crippen molar-refractivity contribution in [1.29, 1.82) is 0 Å². The van der Waals surface area contributed by atoms with E-state index in [-0.39, 0.29) is 0 Å². The molecule has 0 N–H and O–H groups in total. The van der Waals surface area contributed by atoms with Crippen LogP contribution in [0.25, 0.3) is 0 Å². The maximum atomic E-state index is 13.1. The van der Waals surface area contributed by atoms with Gasteiger partial charge in [-0.25, -0.2) is 22.9 Å². The highest BCUT2D eigenvalue weighted by atomic mass is 35.5. The highest BCUT2D eigenvalue weighted by Crippen LogP contribution is 2.31. The van der Waals surface area contributed by atoms with Gasteiger partial charge in [-0.1, -0.05) is 37.6 Å². The van der Waals surface area contributed by atoms with Crippen LogP contribution in [0.2, 0.25) is 5.02 Å². The highest BCUT2D eigenvalue weighted by molar-refractivity contribution is 7.92. The monoisotopic (exact) mass is 495 g/mol. The molecule has 0 aliphatic rings. The molecule has 1 aromatic rings. The fourth-order valence-electron chi connectivity index (χ4n) is 2.62. The number of sulfone groups is 1. The van der Waals surface area contributed by atoms with Crippen molar-refractivity contribution < 1.29 is 27.5 Å². The molecule has 10 heteroatoms. The van der Waals surface area contributed by atoms with Crippen LogP contribution in [-0.4, -0.2) is 49.0 Å². The Labute approximate surface area is 194 Å². The standard InChI is InChI=1S/C21H31Cl2NO6S/c1-13(2)17(12-31(27,28)18(23)15-8-10-16(22)11-9-15)24(19(25)29-14(3)4)20(26)30-21(5,6)7/h8-11,13-14,17-18H,12H2,1-7H3/t17-,18?/m1/s1. The van der Waals surface area contributed by atoms with Gasteiger partial charge in [0.25, 0.3) is 0 Å². The lowest BCUT2D eigenvalue weighted by Crippen LogP contribution is -2.52. The zero-order chi connectivity index (χ0) is 24.1. The molecule has 0 aromatic heterocycles. The van der Waals surface area contributed by atoms with Crippen molar-refractivity contribution in [2.45, 2.75) is 70.9 Å². The van der Waals surface area contributed by atoms with E-state index in [2.05, 4.69) is 0 Å². The van der Waals surface area contributed by atoms with Gasteiger partial charge in [-0.15, -0.1) is 11.6 Å². The molecule has 2 atom stereocenters. The molecule has 0 spiro atoms. The minimum Gasteiger partial charge on any atom is -0.446 e. The number of halogens is 2. The topological polar surface area (TPSA) is 90.0 Å². The molecule has 0 aliphatic carbocycles. The van der Waals surface area contributed by atoms with E-state index in [1.807, 2.05) is 0 Å². The molecule has 0 saturated heterocycles. The van der Waals surface area contributed by atoms with E-state index in [0.29, 0.717) is 10.6 Å². The second kappa shape index (κ2) is 10.9. The van der Waals surface area contributed by atoms with Gasteiger partial charge in [-0.3, -0.25) is 0 Å². The van der Waals surface area contributed by atoms with Gasteiger partial charge in [-0.2, -0.15) is 0 Å². The van der Waals surface area contributed by atoms with E-state index >= 15 is 0 Å². The minimum atomic E-state index is -3.99. The molecule has 1 unspecified atom stereocenters. The number of nitrogens with zero attached hydrogens (tertiary/aromatic N) is 1. The molecule has 1 rings (SSSR count). The Morgan fingerprint density at radius 3 is 1.97 bits per heavy atom. The molecule has 0 radical (unpaired) electrons. The summed E-state index contributed by atoms with van der Waals surface area (Å²) in [6.07, 6.45) is -2.47. The number of alkyl halides is 1. The van der Waals surface area contributed by atoms with E-state index in [4.69, 9.17) is 32.7 Å². The van der Waals surface area contributed by atoms with Crippen LogP contribution in [0.4, 0.5) is 9.59 Å². The summed E-state index contributed by atoms with van der Waals surface area (Å²) in [6.45, 7) is 11.6. The van der Waals surface area contributed by atoms with E-state index in [1.54, 1.807) is 48.5 Å². The van der Waals surface area contributed by atoms with Gasteiger partial charge in [0, 0.05) is 5.02 Å². The molecule has 0 heterocycles. The Morgan fingerprint density at radius 2 is 1.55 bits per heavy atom. The predicted octanol–water partition coefficient (Wildman–Crippen LogP) is 5.80. The quantitative estimate of drug-likeness (QED) is 0.444. The number of hydrogen-bond acceptors (Lipinski definition) is 6. The summed E-state index contributed by atoms with van der Waals surface area (Å²) in [5.74, 6) is -0.982.